The number of hydrogen-bond acceptors (Lipinski definition) is 3. The number of benzene rings is 1. The van der Waals surface area contributed by atoms with Gasteiger partial charge in [0.15, 0.2) is 5.78 Å². The summed E-state index contributed by atoms with van der Waals surface area (Å²) in [7, 11) is 0. The van der Waals surface area contributed by atoms with Crippen molar-refractivity contribution < 1.29 is 14.7 Å². The molecule has 0 bridgehead atoms. The number of rotatable bonds is 2. The van der Waals surface area contributed by atoms with Crippen LogP contribution < -0.4 is 0 Å². The molecule has 1 amide bonds. The van der Waals surface area contributed by atoms with Crippen molar-refractivity contribution in [2.75, 3.05) is 13.1 Å². The highest BCUT2D eigenvalue weighted by molar-refractivity contribution is 9.10. The van der Waals surface area contributed by atoms with Gasteiger partial charge in [0.2, 0.25) is 0 Å². The summed E-state index contributed by atoms with van der Waals surface area (Å²) in [4.78, 5) is 24.8. The summed E-state index contributed by atoms with van der Waals surface area (Å²) >= 11 is 4.86. The fourth-order valence-electron chi connectivity index (χ4n) is 1.77. The zero-order valence-electron chi connectivity index (χ0n) is 9.51. The van der Waals surface area contributed by atoms with Crippen molar-refractivity contribution >= 4 is 39.6 Å². The second kappa shape index (κ2) is 5.75. The van der Waals surface area contributed by atoms with Crippen LogP contribution >= 0.6 is 27.7 Å². The van der Waals surface area contributed by atoms with Gasteiger partial charge in [-0.15, -0.1) is 11.8 Å². The standard InChI is InChI=1S/C12H12BrNO3S/c13-8-1-3-9(4-2-8)18-11-5-6-14(12(16)17)7-10(11)15/h1-4,11H,5-7H2,(H,16,17). The van der Waals surface area contributed by atoms with E-state index in [2.05, 4.69) is 15.9 Å². The second-order valence-corrected chi connectivity index (χ2v) is 6.21. The first-order valence-corrected chi connectivity index (χ1v) is 7.16. The van der Waals surface area contributed by atoms with Gasteiger partial charge in [-0.05, 0) is 30.7 Å². The summed E-state index contributed by atoms with van der Waals surface area (Å²) < 4.78 is 0.999. The highest BCUT2D eigenvalue weighted by atomic mass is 79.9. The fourth-order valence-corrected chi connectivity index (χ4v) is 3.08. The van der Waals surface area contributed by atoms with Gasteiger partial charge in [0.25, 0.3) is 0 Å². The minimum absolute atomic E-state index is 0.00350. The van der Waals surface area contributed by atoms with Crippen molar-refractivity contribution in [1.82, 2.24) is 4.90 Å². The molecule has 1 aliphatic heterocycles. The number of carbonyl (C=O) groups excluding carboxylic acids is 1. The smallest absolute Gasteiger partial charge is 0.407 e. The Morgan fingerprint density at radius 2 is 2.06 bits per heavy atom. The number of amides is 1. The van der Waals surface area contributed by atoms with E-state index in [1.54, 1.807) is 0 Å². The molecule has 1 fully saturated rings. The number of Topliss-reactive ketones (excluding diaryl/α,β-unsaturated/α-hetero) is 1. The predicted octanol–water partition coefficient (Wildman–Crippen LogP) is 2.86. The first kappa shape index (κ1) is 13.4. The van der Waals surface area contributed by atoms with Gasteiger partial charge in [-0.3, -0.25) is 4.79 Å². The number of carbonyl (C=O) groups is 2. The molecule has 1 saturated heterocycles. The Labute approximate surface area is 117 Å². The zero-order chi connectivity index (χ0) is 13.1. The third-order valence-electron chi connectivity index (χ3n) is 2.73. The Balaban J connectivity index is 1.97. The lowest BCUT2D eigenvalue weighted by molar-refractivity contribution is -0.121. The summed E-state index contributed by atoms with van der Waals surface area (Å²) in [6.45, 7) is 0.429. The molecule has 0 aromatic heterocycles. The van der Waals surface area contributed by atoms with Gasteiger partial charge in [-0.25, -0.2) is 4.79 Å². The van der Waals surface area contributed by atoms with Crippen LogP contribution in [0, 0.1) is 0 Å². The molecule has 6 heteroatoms. The fraction of sp³-hybridized carbons (Fsp3) is 0.333. The Kier molecular flexibility index (Phi) is 4.29. The third kappa shape index (κ3) is 3.26. The molecule has 1 atom stereocenters. The molecule has 1 unspecified atom stereocenters. The van der Waals surface area contributed by atoms with E-state index in [9.17, 15) is 9.59 Å². The molecule has 0 radical (unpaired) electrons. The summed E-state index contributed by atoms with van der Waals surface area (Å²) in [6.07, 6.45) is -0.443. The molecule has 18 heavy (non-hydrogen) atoms. The molecular weight excluding hydrogens is 318 g/mol. The summed E-state index contributed by atoms with van der Waals surface area (Å²) in [5.74, 6) is -0.0171. The van der Waals surface area contributed by atoms with Crippen molar-refractivity contribution in [3.63, 3.8) is 0 Å². The predicted molar refractivity (Wildman–Crippen MR) is 73.0 cm³/mol. The number of likely N-dealkylation sites (tertiary alicyclic amines) is 1. The molecule has 1 N–H and O–H groups in total. The average molecular weight is 330 g/mol. The minimum Gasteiger partial charge on any atom is -0.465 e. The van der Waals surface area contributed by atoms with Crippen molar-refractivity contribution in [2.24, 2.45) is 0 Å². The van der Waals surface area contributed by atoms with Crippen LogP contribution in [-0.4, -0.2) is 40.2 Å². The Morgan fingerprint density at radius 3 is 2.61 bits per heavy atom. The van der Waals surface area contributed by atoms with Crippen LogP contribution in [0.1, 0.15) is 6.42 Å². The van der Waals surface area contributed by atoms with E-state index < -0.39 is 6.09 Å². The van der Waals surface area contributed by atoms with Gasteiger partial charge < -0.3 is 10.0 Å². The molecular formula is C12H12BrNO3S. The number of halogens is 1. The topological polar surface area (TPSA) is 57.6 Å². The van der Waals surface area contributed by atoms with E-state index in [-0.39, 0.29) is 17.6 Å². The van der Waals surface area contributed by atoms with Gasteiger partial charge >= 0.3 is 6.09 Å². The lowest BCUT2D eigenvalue weighted by Gasteiger charge is -2.28. The molecule has 1 aromatic carbocycles. The second-order valence-electron chi connectivity index (χ2n) is 4.02. The Hall–Kier alpha value is -1.01. The molecule has 0 spiro atoms. The Bertz CT molecular complexity index is 463. The maximum atomic E-state index is 11.8. The largest absolute Gasteiger partial charge is 0.465 e. The number of nitrogens with zero attached hydrogens (tertiary/aromatic N) is 1. The van der Waals surface area contributed by atoms with Crippen LogP contribution in [0.25, 0.3) is 0 Å². The number of ketones is 1. The quantitative estimate of drug-likeness (QED) is 0.906. The van der Waals surface area contributed by atoms with E-state index in [0.29, 0.717) is 13.0 Å². The molecule has 1 heterocycles. The lowest BCUT2D eigenvalue weighted by Crippen LogP contribution is -2.44. The number of thioether (sulfide) groups is 1. The van der Waals surface area contributed by atoms with Gasteiger partial charge in [-0.1, -0.05) is 15.9 Å². The highest BCUT2D eigenvalue weighted by Crippen LogP contribution is 2.29. The van der Waals surface area contributed by atoms with Gasteiger partial charge in [0.05, 0.1) is 11.8 Å². The average Bonchev–Trinajstić information content (AvgIpc) is 2.34. The molecule has 1 aliphatic rings. The van der Waals surface area contributed by atoms with Crippen molar-refractivity contribution in [2.45, 2.75) is 16.6 Å². The van der Waals surface area contributed by atoms with Crippen LogP contribution in [0.15, 0.2) is 33.6 Å². The molecule has 4 nitrogen and oxygen atoms in total. The molecule has 0 saturated carbocycles. The molecule has 0 aliphatic carbocycles. The highest BCUT2D eigenvalue weighted by Gasteiger charge is 2.29. The monoisotopic (exact) mass is 329 g/mol. The summed E-state index contributed by atoms with van der Waals surface area (Å²) in [5.41, 5.74) is 0. The third-order valence-corrected chi connectivity index (χ3v) is 4.59. The molecule has 1 aromatic rings. The maximum absolute atomic E-state index is 11.8. The zero-order valence-corrected chi connectivity index (χ0v) is 11.9. The van der Waals surface area contributed by atoms with Crippen molar-refractivity contribution in [1.29, 1.82) is 0 Å². The Morgan fingerprint density at radius 1 is 1.39 bits per heavy atom. The number of carboxylic acid groups (broad SMARTS) is 1. The van der Waals surface area contributed by atoms with Crippen LogP contribution in [-0.2, 0) is 4.79 Å². The van der Waals surface area contributed by atoms with Gasteiger partial charge in [-0.2, -0.15) is 0 Å². The molecule has 2 rings (SSSR count). The first-order valence-electron chi connectivity index (χ1n) is 5.49. The van der Waals surface area contributed by atoms with E-state index in [4.69, 9.17) is 5.11 Å². The van der Waals surface area contributed by atoms with Crippen molar-refractivity contribution in [3.8, 4) is 0 Å². The van der Waals surface area contributed by atoms with E-state index in [1.807, 2.05) is 24.3 Å². The van der Waals surface area contributed by atoms with E-state index in [0.717, 1.165) is 9.37 Å². The lowest BCUT2D eigenvalue weighted by atomic mass is 10.1. The number of hydrogen-bond donors (Lipinski definition) is 1. The van der Waals surface area contributed by atoms with Gasteiger partial charge in [0, 0.05) is 15.9 Å². The normalized spacial score (nSPS) is 19.9. The first-order chi connectivity index (χ1) is 8.56. The number of piperidine rings is 1. The van der Waals surface area contributed by atoms with Crippen LogP contribution in [0.3, 0.4) is 0 Å². The maximum Gasteiger partial charge on any atom is 0.407 e. The van der Waals surface area contributed by atoms with Crippen LogP contribution in [0.5, 0.6) is 0 Å². The SMILES string of the molecule is O=C1CN(C(=O)O)CCC1Sc1ccc(Br)cc1. The summed E-state index contributed by atoms with van der Waals surface area (Å²) in [5, 5.41) is 8.69. The summed E-state index contributed by atoms with van der Waals surface area (Å²) in [6, 6.07) is 7.76. The van der Waals surface area contributed by atoms with E-state index >= 15 is 0 Å². The molecule has 96 valence electrons. The van der Waals surface area contributed by atoms with Crippen molar-refractivity contribution in [3.05, 3.63) is 28.7 Å². The van der Waals surface area contributed by atoms with E-state index in [1.165, 1.54) is 16.7 Å². The van der Waals surface area contributed by atoms with Gasteiger partial charge in [0.1, 0.15) is 0 Å². The van der Waals surface area contributed by atoms with Crippen LogP contribution in [0.2, 0.25) is 0 Å². The minimum atomic E-state index is -1.02. The van der Waals surface area contributed by atoms with Crippen LogP contribution in [0.4, 0.5) is 4.79 Å².